The van der Waals surface area contributed by atoms with E-state index >= 15 is 0 Å². The van der Waals surface area contributed by atoms with Crippen molar-refractivity contribution in [2.45, 2.75) is 13.0 Å². The number of phenolic OH excluding ortho intramolecular Hbond substituents is 1. The van der Waals surface area contributed by atoms with E-state index in [2.05, 4.69) is 5.32 Å². The second-order valence-corrected chi connectivity index (χ2v) is 4.31. The van der Waals surface area contributed by atoms with Crippen LogP contribution < -0.4 is 10.1 Å². The van der Waals surface area contributed by atoms with Gasteiger partial charge in [0, 0.05) is 12.1 Å². The Labute approximate surface area is 111 Å². The Morgan fingerprint density at radius 2 is 2.00 bits per heavy atom. The number of hydrogen-bond donors (Lipinski definition) is 2. The summed E-state index contributed by atoms with van der Waals surface area (Å²) in [5, 5.41) is 12.7. The van der Waals surface area contributed by atoms with Crippen molar-refractivity contribution in [2.75, 3.05) is 12.4 Å². The van der Waals surface area contributed by atoms with Crippen LogP contribution in [-0.2, 0) is 0 Å². The summed E-state index contributed by atoms with van der Waals surface area (Å²) in [7, 11) is 1.50. The van der Waals surface area contributed by atoms with E-state index in [0.717, 1.165) is 5.56 Å². The lowest BCUT2D eigenvalue weighted by molar-refractivity contribution is 0.412. The molecule has 2 rings (SSSR count). The first-order valence-electron chi connectivity index (χ1n) is 5.99. The van der Waals surface area contributed by atoms with Crippen LogP contribution in [0.2, 0.25) is 0 Å². The van der Waals surface area contributed by atoms with Crippen LogP contribution in [0.5, 0.6) is 11.5 Å². The van der Waals surface area contributed by atoms with Crippen LogP contribution in [0.25, 0.3) is 0 Å². The molecule has 0 spiro atoms. The zero-order valence-corrected chi connectivity index (χ0v) is 10.9. The monoisotopic (exact) mass is 261 g/mol. The van der Waals surface area contributed by atoms with Crippen LogP contribution in [0.4, 0.5) is 10.1 Å². The van der Waals surface area contributed by atoms with Crippen LogP contribution in [0.1, 0.15) is 18.5 Å². The van der Waals surface area contributed by atoms with Crippen molar-refractivity contribution in [1.82, 2.24) is 0 Å². The standard InChI is InChI=1S/C15H16FNO2/c1-10(11-4-3-5-13(18)8-11)17-14-7-6-12(16)9-15(14)19-2/h3-10,17-18H,1-2H3. The molecule has 100 valence electrons. The SMILES string of the molecule is COc1cc(F)ccc1NC(C)c1cccc(O)c1. The van der Waals surface area contributed by atoms with Gasteiger partial charge >= 0.3 is 0 Å². The maximum atomic E-state index is 13.1. The summed E-state index contributed by atoms with van der Waals surface area (Å²) in [6.07, 6.45) is 0. The highest BCUT2D eigenvalue weighted by atomic mass is 19.1. The third-order valence-corrected chi connectivity index (χ3v) is 2.91. The minimum absolute atomic E-state index is 0.0357. The topological polar surface area (TPSA) is 41.5 Å². The quantitative estimate of drug-likeness (QED) is 0.881. The Kier molecular flexibility index (Phi) is 3.90. The molecule has 0 aromatic heterocycles. The summed E-state index contributed by atoms with van der Waals surface area (Å²) in [6, 6.07) is 11.3. The lowest BCUT2D eigenvalue weighted by Crippen LogP contribution is -2.07. The fourth-order valence-corrected chi connectivity index (χ4v) is 1.90. The lowest BCUT2D eigenvalue weighted by Gasteiger charge is -2.18. The van der Waals surface area contributed by atoms with Crippen molar-refractivity contribution in [3.05, 3.63) is 53.8 Å². The molecule has 0 heterocycles. The van der Waals surface area contributed by atoms with Gasteiger partial charge in [-0.15, -0.1) is 0 Å². The van der Waals surface area contributed by atoms with E-state index in [1.165, 1.54) is 19.2 Å². The van der Waals surface area contributed by atoms with Crippen molar-refractivity contribution >= 4 is 5.69 Å². The molecule has 0 fully saturated rings. The molecule has 0 radical (unpaired) electrons. The molecule has 0 aliphatic carbocycles. The molecule has 1 atom stereocenters. The highest BCUT2D eigenvalue weighted by molar-refractivity contribution is 5.57. The number of aromatic hydroxyl groups is 1. The number of methoxy groups -OCH3 is 1. The predicted octanol–water partition coefficient (Wildman–Crippen LogP) is 3.71. The molecule has 0 saturated heterocycles. The van der Waals surface area contributed by atoms with Gasteiger partial charge in [-0.2, -0.15) is 0 Å². The van der Waals surface area contributed by atoms with Gasteiger partial charge in [0.15, 0.2) is 0 Å². The molecule has 0 saturated carbocycles. The minimum atomic E-state index is -0.340. The average Bonchev–Trinajstić information content (AvgIpc) is 2.40. The number of phenols is 1. The maximum Gasteiger partial charge on any atom is 0.144 e. The van der Waals surface area contributed by atoms with Crippen molar-refractivity contribution < 1.29 is 14.2 Å². The Morgan fingerprint density at radius 1 is 1.21 bits per heavy atom. The van der Waals surface area contributed by atoms with E-state index in [1.807, 2.05) is 13.0 Å². The fourth-order valence-electron chi connectivity index (χ4n) is 1.90. The van der Waals surface area contributed by atoms with Crippen LogP contribution in [0, 0.1) is 5.82 Å². The molecule has 1 unspecified atom stereocenters. The molecule has 2 N–H and O–H groups in total. The fraction of sp³-hybridized carbons (Fsp3) is 0.200. The van der Waals surface area contributed by atoms with Crippen LogP contribution in [0.15, 0.2) is 42.5 Å². The first kappa shape index (κ1) is 13.2. The summed E-state index contributed by atoms with van der Waals surface area (Å²) in [6.45, 7) is 1.96. The lowest BCUT2D eigenvalue weighted by atomic mass is 10.1. The second-order valence-electron chi connectivity index (χ2n) is 4.31. The number of ether oxygens (including phenoxy) is 1. The summed E-state index contributed by atoms with van der Waals surface area (Å²) in [4.78, 5) is 0. The summed E-state index contributed by atoms with van der Waals surface area (Å²) in [5.74, 6) is 0.330. The predicted molar refractivity (Wildman–Crippen MR) is 73.1 cm³/mol. The van der Waals surface area contributed by atoms with Gasteiger partial charge in [0.25, 0.3) is 0 Å². The minimum Gasteiger partial charge on any atom is -0.508 e. The smallest absolute Gasteiger partial charge is 0.144 e. The number of benzene rings is 2. The third kappa shape index (κ3) is 3.16. The molecule has 0 bridgehead atoms. The van der Waals surface area contributed by atoms with Crippen molar-refractivity contribution in [3.8, 4) is 11.5 Å². The van der Waals surface area contributed by atoms with E-state index < -0.39 is 0 Å². The average molecular weight is 261 g/mol. The largest absolute Gasteiger partial charge is 0.508 e. The Balaban J connectivity index is 2.21. The molecule has 19 heavy (non-hydrogen) atoms. The molecule has 2 aromatic carbocycles. The van der Waals surface area contributed by atoms with E-state index in [4.69, 9.17) is 4.74 Å². The Morgan fingerprint density at radius 3 is 2.68 bits per heavy atom. The van der Waals surface area contributed by atoms with Crippen LogP contribution in [-0.4, -0.2) is 12.2 Å². The zero-order valence-electron chi connectivity index (χ0n) is 10.9. The van der Waals surface area contributed by atoms with Gasteiger partial charge in [-0.05, 0) is 36.8 Å². The van der Waals surface area contributed by atoms with Crippen LogP contribution in [0.3, 0.4) is 0 Å². The first-order chi connectivity index (χ1) is 9.10. The third-order valence-electron chi connectivity index (χ3n) is 2.91. The number of anilines is 1. The Bertz CT molecular complexity index is 572. The van der Waals surface area contributed by atoms with Crippen molar-refractivity contribution in [1.29, 1.82) is 0 Å². The van der Waals surface area contributed by atoms with Crippen LogP contribution >= 0.6 is 0 Å². The first-order valence-corrected chi connectivity index (χ1v) is 5.99. The normalized spacial score (nSPS) is 11.9. The summed E-state index contributed by atoms with van der Waals surface area (Å²) >= 11 is 0. The van der Waals surface area contributed by atoms with Gasteiger partial charge in [0.1, 0.15) is 17.3 Å². The van der Waals surface area contributed by atoms with Gasteiger partial charge in [0.05, 0.1) is 12.8 Å². The number of nitrogens with one attached hydrogen (secondary N) is 1. The number of halogens is 1. The molecule has 0 aliphatic rings. The van der Waals surface area contributed by atoms with E-state index in [-0.39, 0.29) is 17.6 Å². The number of hydrogen-bond acceptors (Lipinski definition) is 3. The molecule has 0 amide bonds. The van der Waals surface area contributed by atoms with E-state index in [0.29, 0.717) is 11.4 Å². The van der Waals surface area contributed by atoms with E-state index in [9.17, 15) is 9.50 Å². The van der Waals surface area contributed by atoms with Gasteiger partial charge < -0.3 is 15.2 Å². The number of rotatable bonds is 4. The Hall–Kier alpha value is -2.23. The highest BCUT2D eigenvalue weighted by Gasteiger charge is 2.10. The molecule has 2 aromatic rings. The molecule has 0 aliphatic heterocycles. The van der Waals surface area contributed by atoms with Crippen molar-refractivity contribution in [3.63, 3.8) is 0 Å². The highest BCUT2D eigenvalue weighted by Crippen LogP contribution is 2.29. The molecular formula is C15H16FNO2. The van der Waals surface area contributed by atoms with E-state index in [1.54, 1.807) is 24.3 Å². The maximum absolute atomic E-state index is 13.1. The van der Waals surface area contributed by atoms with Crippen molar-refractivity contribution in [2.24, 2.45) is 0 Å². The van der Waals surface area contributed by atoms with Gasteiger partial charge in [-0.25, -0.2) is 4.39 Å². The van der Waals surface area contributed by atoms with Gasteiger partial charge in [0.2, 0.25) is 0 Å². The van der Waals surface area contributed by atoms with Gasteiger partial charge in [-0.3, -0.25) is 0 Å². The van der Waals surface area contributed by atoms with Gasteiger partial charge in [-0.1, -0.05) is 12.1 Å². The molecular weight excluding hydrogens is 245 g/mol. The molecule has 4 heteroatoms. The summed E-state index contributed by atoms with van der Waals surface area (Å²) in [5.41, 5.74) is 1.64. The molecule has 3 nitrogen and oxygen atoms in total. The second kappa shape index (κ2) is 5.61. The summed E-state index contributed by atoms with van der Waals surface area (Å²) < 4.78 is 18.2. The zero-order chi connectivity index (χ0) is 13.8.